The smallest absolute Gasteiger partial charge is 0.409 e. The van der Waals surface area contributed by atoms with E-state index in [1.165, 1.54) is 46.9 Å². The SMILES string of the molecule is COC(=O)C1CCC(CC#Cc2nc(N)c3ncn([C@@H]4O[C@H](C(=O)NC5CC5)[C@H](O)C4O)c3n2)CC1.COC(=O)N1CCC(CC#Cc2nc(N)c3ncn([C@@H]4O[C@H](C(=O)NC5CC5)[C@H](O)C4O)c3n2)CC1.C[C@@H]1CCC[C@@](O)(C#Cc2nc(N)c3ncn([C@@H]4O[C@H](C(=O)NC5CC5)[C@H](O)C4O)c3n2)C1. The van der Waals surface area contributed by atoms with Gasteiger partial charge < -0.3 is 97.5 Å². The first-order chi connectivity index (χ1) is 50.4. The normalized spacial score (nSPS) is 30.1. The number of nitrogens with one attached hydrogen (secondary N) is 3. The third-order valence-electron chi connectivity index (χ3n) is 20.4. The van der Waals surface area contributed by atoms with Crippen molar-refractivity contribution >= 4 is 80.7 Å². The maximum absolute atomic E-state index is 12.4. The summed E-state index contributed by atoms with van der Waals surface area (Å²) in [6.07, 6.45) is 3.32. The zero-order valence-electron chi connectivity index (χ0n) is 58.1. The van der Waals surface area contributed by atoms with Crippen LogP contribution in [0.15, 0.2) is 19.0 Å². The van der Waals surface area contributed by atoms with E-state index in [-0.39, 0.29) is 93.5 Å². The van der Waals surface area contributed by atoms with Gasteiger partial charge in [-0.25, -0.2) is 49.7 Å². The van der Waals surface area contributed by atoms with E-state index in [9.17, 15) is 59.7 Å². The van der Waals surface area contributed by atoms with Gasteiger partial charge in [-0.2, -0.15) is 0 Å². The first-order valence-electron chi connectivity index (χ1n) is 35.5. The number of ether oxygens (including phenoxy) is 5. The lowest BCUT2D eigenvalue weighted by atomic mass is 9.79. The van der Waals surface area contributed by atoms with E-state index in [1.807, 2.05) is 0 Å². The lowest BCUT2D eigenvalue weighted by Gasteiger charge is -2.30. The van der Waals surface area contributed by atoms with Gasteiger partial charge >= 0.3 is 12.1 Å². The molecule has 4 saturated heterocycles. The quantitative estimate of drug-likeness (QED) is 0.0524. The highest BCUT2D eigenvalue weighted by atomic mass is 16.6. The Morgan fingerprint density at radius 2 is 0.905 bits per heavy atom. The Labute approximate surface area is 601 Å². The minimum atomic E-state index is -1.41. The van der Waals surface area contributed by atoms with Crippen LogP contribution in [-0.2, 0) is 42.9 Å². The van der Waals surface area contributed by atoms with Crippen molar-refractivity contribution in [1.29, 1.82) is 0 Å². The van der Waals surface area contributed by atoms with Gasteiger partial charge in [0.1, 0.15) is 58.8 Å². The molecule has 10 heterocycles. The van der Waals surface area contributed by atoms with Gasteiger partial charge in [0.2, 0.25) is 17.5 Å². The molecule has 9 fully saturated rings. The van der Waals surface area contributed by atoms with E-state index in [4.69, 9.17) is 40.9 Å². The van der Waals surface area contributed by atoms with Crippen molar-refractivity contribution in [1.82, 2.24) is 79.4 Å². The topological polar surface area (TPSA) is 521 Å². The Morgan fingerprint density at radius 3 is 1.27 bits per heavy atom. The molecule has 560 valence electrons. The lowest BCUT2D eigenvalue weighted by molar-refractivity contribution is -0.147. The molecule has 105 heavy (non-hydrogen) atoms. The van der Waals surface area contributed by atoms with Gasteiger partial charge in [-0.3, -0.25) is 32.9 Å². The Bertz CT molecular complexity index is 4250. The number of likely N-dealkylation sites (tertiary alicyclic amines) is 1. The molecule has 5 saturated carbocycles. The van der Waals surface area contributed by atoms with Crippen molar-refractivity contribution in [3.63, 3.8) is 0 Å². The summed E-state index contributed by atoms with van der Waals surface area (Å²) in [7, 11) is 2.79. The number of esters is 1. The van der Waals surface area contributed by atoms with Crippen LogP contribution in [0.3, 0.4) is 0 Å². The number of amides is 4. The minimum absolute atomic E-state index is 0.0314. The molecule has 15 rings (SSSR count). The molecule has 6 aromatic heterocycles. The van der Waals surface area contributed by atoms with Gasteiger partial charge in [-0.05, 0) is 132 Å². The summed E-state index contributed by atoms with van der Waals surface area (Å²) in [4.78, 5) is 101. The molecule has 36 heteroatoms. The van der Waals surface area contributed by atoms with Crippen molar-refractivity contribution < 1.29 is 83.4 Å². The molecule has 0 radical (unpaired) electrons. The Hall–Kier alpha value is -9.52. The number of aliphatic hydroxyl groups is 7. The summed E-state index contributed by atoms with van der Waals surface area (Å²) in [5, 5.41) is 82.2. The zero-order valence-corrected chi connectivity index (χ0v) is 58.1. The van der Waals surface area contributed by atoms with Gasteiger partial charge in [-0.15, -0.1) is 0 Å². The van der Waals surface area contributed by atoms with Crippen LogP contribution in [0.2, 0.25) is 0 Å². The predicted molar refractivity (Wildman–Crippen MR) is 367 cm³/mol. The molecular formula is C69H87N19O17. The van der Waals surface area contributed by atoms with Crippen molar-refractivity contribution in [3.8, 4) is 35.5 Å². The van der Waals surface area contributed by atoms with Crippen LogP contribution < -0.4 is 33.2 Å². The zero-order chi connectivity index (χ0) is 74.1. The molecule has 3 unspecified atom stereocenters. The molecule has 5 aliphatic carbocycles. The number of carbonyl (C=O) groups excluding carboxylic acids is 5. The first kappa shape index (κ1) is 73.8. The number of hydrogen-bond donors (Lipinski definition) is 13. The average Bonchev–Trinajstić information content (AvgIpc) is 1.63. The molecule has 14 atom stereocenters. The van der Waals surface area contributed by atoms with Crippen molar-refractivity contribution in [2.75, 3.05) is 44.5 Å². The van der Waals surface area contributed by atoms with Crippen LogP contribution in [0.1, 0.15) is 159 Å². The number of imidazole rings is 3. The van der Waals surface area contributed by atoms with E-state index in [1.54, 1.807) is 4.90 Å². The molecular weight excluding hydrogens is 1370 g/mol. The fraction of sp³-hybridized carbons (Fsp3) is 0.623. The summed E-state index contributed by atoms with van der Waals surface area (Å²) in [5.41, 5.74) is 18.8. The number of anilines is 3. The number of nitrogens with zero attached hydrogens (tertiary/aromatic N) is 13. The second-order valence-electron chi connectivity index (χ2n) is 28.5. The number of fused-ring (bicyclic) bond motifs is 3. The molecule has 9 aliphatic rings. The monoisotopic (exact) mass is 1450 g/mol. The van der Waals surface area contributed by atoms with Gasteiger partial charge in [0.05, 0.1) is 39.1 Å². The second kappa shape index (κ2) is 31.3. The van der Waals surface area contributed by atoms with E-state index < -0.39 is 96.9 Å². The number of nitrogens with two attached hydrogens (primary N) is 3. The highest BCUT2D eigenvalue weighted by Gasteiger charge is 2.52. The number of methoxy groups -OCH3 is 2. The Kier molecular flexibility index (Phi) is 22.0. The van der Waals surface area contributed by atoms with E-state index >= 15 is 0 Å². The Morgan fingerprint density at radius 1 is 0.524 bits per heavy atom. The molecule has 0 spiro atoms. The maximum Gasteiger partial charge on any atom is 0.409 e. The van der Waals surface area contributed by atoms with E-state index in [2.05, 4.69) is 103 Å². The maximum atomic E-state index is 12.4. The van der Waals surface area contributed by atoms with E-state index in [0.29, 0.717) is 67.6 Å². The number of nitrogen functional groups attached to an aromatic ring is 3. The van der Waals surface area contributed by atoms with Gasteiger partial charge in [0.15, 0.2) is 71.4 Å². The fourth-order valence-electron chi connectivity index (χ4n) is 14.0. The van der Waals surface area contributed by atoms with Gasteiger partial charge in [-0.1, -0.05) is 31.1 Å². The number of aliphatic hydroxyl groups excluding tert-OH is 6. The summed E-state index contributed by atoms with van der Waals surface area (Å²) in [5.74, 6) is 18.2. The summed E-state index contributed by atoms with van der Waals surface area (Å²) in [6.45, 7) is 3.34. The summed E-state index contributed by atoms with van der Waals surface area (Å²) >= 11 is 0. The van der Waals surface area contributed by atoms with Crippen LogP contribution in [-0.4, -0.2) is 235 Å². The number of carbonyl (C=O) groups is 5. The highest BCUT2D eigenvalue weighted by molar-refractivity contribution is 5.86. The van der Waals surface area contributed by atoms with Crippen molar-refractivity contribution in [3.05, 3.63) is 36.5 Å². The average molecular weight is 1450 g/mol. The fourth-order valence-corrected chi connectivity index (χ4v) is 14.0. The molecule has 6 aromatic rings. The van der Waals surface area contributed by atoms with Crippen molar-refractivity contribution in [2.45, 2.75) is 220 Å². The van der Waals surface area contributed by atoms with Gasteiger partial charge in [0.25, 0.3) is 17.7 Å². The van der Waals surface area contributed by atoms with Crippen LogP contribution >= 0.6 is 0 Å². The molecule has 0 aromatic carbocycles. The molecule has 36 nitrogen and oxygen atoms in total. The van der Waals surface area contributed by atoms with Gasteiger partial charge in [0, 0.05) is 44.1 Å². The lowest BCUT2D eigenvalue weighted by Crippen LogP contribution is -2.43. The summed E-state index contributed by atoms with van der Waals surface area (Å²) < 4.78 is 31.1. The standard InChI is InChI=1S/C24H30N6O6.C23H29N7O6.C22H28N6O5/c1-35-24(34)13-7-5-12(6-8-13)3-2-4-15-28-20(25)16-21(29-15)30(11-26-16)23-18(32)17(31)19(36-23)22(33)27-14-9-10-14;1-35-23(34)29-9-7-12(8-10-29)3-2-4-14-27-19(24)15-20(28-14)30(11-25-15)22-17(32)16(31)18(36-22)21(33)26-13-5-6-13;1-11-3-2-7-22(32,9-11)8-6-13-26-18(23)14-19(27-13)28(10-24-14)21-16(30)15(29)17(33-21)20(31)25-12-4-5-12/h11-14,17-19,23,31-32H,3,5-10H2,1H3,(H,27,33)(H2,25,28,29);11-13,16-18,22,31-32H,3,5-10H2,1H3,(H,26,33)(H2,24,27,28);10-12,15-17,21,29-30,32H,2-5,7,9H2,1H3,(H,25,31)(H2,23,26,27)/t12?,13?,17-,18?,19+,23-;16-,17?,18+,22-;11-,15-,16?,17+,21-,22-/m111/s1. The Balaban J connectivity index is 0.000000140. The molecule has 4 amide bonds. The number of hydrogen-bond acceptors (Lipinski definition) is 29. The summed E-state index contributed by atoms with van der Waals surface area (Å²) in [6, 6.07) is 0.275. The van der Waals surface area contributed by atoms with Crippen LogP contribution in [0.4, 0.5) is 22.2 Å². The molecule has 0 bridgehead atoms. The molecule has 16 N–H and O–H groups in total. The minimum Gasteiger partial charge on any atom is -0.469 e. The van der Waals surface area contributed by atoms with Crippen molar-refractivity contribution in [2.24, 2.45) is 23.7 Å². The highest BCUT2D eigenvalue weighted by Crippen LogP contribution is 2.38. The number of aromatic nitrogens is 12. The van der Waals surface area contributed by atoms with E-state index in [0.717, 1.165) is 89.9 Å². The van der Waals surface area contributed by atoms with Crippen LogP contribution in [0.25, 0.3) is 33.5 Å². The third kappa shape index (κ3) is 16.6. The van der Waals surface area contributed by atoms with Crippen LogP contribution in [0.5, 0.6) is 0 Å². The number of rotatable bonds is 12. The van der Waals surface area contributed by atoms with Crippen LogP contribution in [0, 0.1) is 59.2 Å². The first-order valence-corrected chi connectivity index (χ1v) is 35.5. The second-order valence-corrected chi connectivity index (χ2v) is 28.5. The largest absolute Gasteiger partial charge is 0.469 e. The molecule has 4 aliphatic heterocycles. The predicted octanol–water partition coefficient (Wildman–Crippen LogP) is -0.847. The third-order valence-corrected chi connectivity index (χ3v) is 20.4. The number of piperidine rings is 1.